The third kappa shape index (κ3) is 23.1. The van der Waals surface area contributed by atoms with Crippen LogP contribution in [-0.2, 0) is 0 Å². The molecule has 0 fully saturated rings. The van der Waals surface area contributed by atoms with E-state index < -0.39 is 0 Å². The van der Waals surface area contributed by atoms with Crippen LogP contribution in [0.15, 0.2) is 0 Å². The molecule has 1 unspecified atom stereocenters. The van der Waals surface area contributed by atoms with Gasteiger partial charge in [-0.1, -0.05) is 117 Å². The van der Waals surface area contributed by atoms with Crippen molar-refractivity contribution in [2.24, 2.45) is 0 Å². The molecule has 0 N–H and O–H groups in total. The fraction of sp³-hybridized carbons (Fsp3) is 1.00. The molecule has 0 rings (SSSR count). The van der Waals surface area contributed by atoms with Crippen molar-refractivity contribution >= 4 is 0 Å². The average Bonchev–Trinajstić information content (AvgIpc) is 2.72. The summed E-state index contributed by atoms with van der Waals surface area (Å²) < 4.78 is 1.36. The molecule has 0 aliphatic rings. The lowest BCUT2D eigenvalue weighted by Gasteiger charge is -2.35. The van der Waals surface area contributed by atoms with Crippen molar-refractivity contribution in [3.05, 3.63) is 0 Å². The van der Waals surface area contributed by atoms with Gasteiger partial charge in [0.15, 0.2) is 0 Å². The van der Waals surface area contributed by atoms with Gasteiger partial charge in [0.05, 0.1) is 26.7 Å². The zero-order chi connectivity index (χ0) is 21.5. The zero-order valence-electron chi connectivity index (χ0n) is 21.8. The van der Waals surface area contributed by atoms with Crippen LogP contribution < -0.4 is 17.0 Å². The summed E-state index contributed by atoms with van der Waals surface area (Å²) in [6.45, 7) is 11.2. The normalized spacial score (nSPS) is 13.2. The van der Waals surface area contributed by atoms with Crippen LogP contribution in [0, 0.1) is 0 Å². The lowest BCUT2D eigenvalue weighted by atomic mass is 10.1. The molecule has 30 heavy (non-hydrogen) atoms. The number of quaternary nitrogens is 1. The number of unbranched alkanes of at least 4 members (excludes halogenated alkanes) is 18. The summed E-state index contributed by atoms with van der Waals surface area (Å²) in [5.41, 5.74) is 0. The van der Waals surface area contributed by atoms with E-state index in [0.717, 1.165) is 0 Å². The quantitative estimate of drug-likeness (QED) is 0.104. The lowest BCUT2D eigenvalue weighted by Crippen LogP contribution is -3.00. The highest BCUT2D eigenvalue weighted by Gasteiger charge is 2.20. The zero-order valence-corrected chi connectivity index (χ0v) is 23.4. The molecule has 0 saturated heterocycles. The molecule has 0 aliphatic heterocycles. The first kappa shape index (κ1) is 32.6. The minimum atomic E-state index is 0. The van der Waals surface area contributed by atoms with Crippen molar-refractivity contribution in [2.75, 3.05) is 26.7 Å². The van der Waals surface area contributed by atoms with Gasteiger partial charge in [-0.15, -0.1) is 0 Å². The summed E-state index contributed by atoms with van der Waals surface area (Å²) in [7, 11) is 2.57. The molecule has 0 aliphatic carbocycles. The molecule has 0 aromatic heterocycles. The smallest absolute Gasteiger partial charge is 0.0784 e. The SMILES string of the molecule is CCCCCCCCCC[N+](C)(CCCCCCCC)CCCCCCCCC.[Br-]. The molecule has 0 saturated carbocycles. The van der Waals surface area contributed by atoms with E-state index in [0.29, 0.717) is 0 Å². The Kier molecular flexibility index (Phi) is 27.9. The van der Waals surface area contributed by atoms with Gasteiger partial charge in [-0.25, -0.2) is 0 Å². The van der Waals surface area contributed by atoms with Crippen molar-refractivity contribution in [2.45, 2.75) is 156 Å². The highest BCUT2D eigenvalue weighted by molar-refractivity contribution is 4.51. The Bertz CT molecular complexity index is 307. The minimum absolute atomic E-state index is 0. The van der Waals surface area contributed by atoms with E-state index in [2.05, 4.69) is 27.8 Å². The van der Waals surface area contributed by atoms with Crippen molar-refractivity contribution in [3.8, 4) is 0 Å². The van der Waals surface area contributed by atoms with Crippen LogP contribution in [0.2, 0.25) is 0 Å². The fourth-order valence-electron chi connectivity index (χ4n) is 4.69. The molecule has 0 spiro atoms. The van der Waals surface area contributed by atoms with Gasteiger partial charge in [0.2, 0.25) is 0 Å². The molecule has 0 bridgehead atoms. The van der Waals surface area contributed by atoms with Gasteiger partial charge < -0.3 is 21.5 Å². The van der Waals surface area contributed by atoms with Crippen LogP contribution in [0.4, 0.5) is 0 Å². The molecule has 0 aromatic carbocycles. The van der Waals surface area contributed by atoms with E-state index in [9.17, 15) is 0 Å². The van der Waals surface area contributed by atoms with Crippen LogP contribution >= 0.6 is 0 Å². The maximum atomic E-state index is 2.57. The standard InChI is InChI=1S/C28H60N.BrH/c1-5-8-11-14-17-19-22-25-28-29(4,26-23-20-16-13-10-7-3)27-24-21-18-15-12-9-6-2;/h5-28H2,1-4H3;1H/q+1;/p-1. The first-order valence-electron chi connectivity index (χ1n) is 14.0. The summed E-state index contributed by atoms with van der Waals surface area (Å²) in [6.07, 6.45) is 30.3. The van der Waals surface area contributed by atoms with E-state index >= 15 is 0 Å². The Balaban J connectivity index is 0. The number of rotatable bonds is 24. The molecule has 0 amide bonds. The first-order valence-corrected chi connectivity index (χ1v) is 14.0. The van der Waals surface area contributed by atoms with Gasteiger partial charge in [-0.2, -0.15) is 0 Å². The van der Waals surface area contributed by atoms with Crippen LogP contribution in [0.3, 0.4) is 0 Å². The third-order valence-electron chi connectivity index (χ3n) is 6.90. The Labute approximate surface area is 203 Å². The molecular weight excluding hydrogens is 430 g/mol. The van der Waals surface area contributed by atoms with Gasteiger partial charge in [0.1, 0.15) is 0 Å². The number of nitrogens with zero attached hydrogens (tertiary/aromatic N) is 1. The van der Waals surface area contributed by atoms with E-state index in [-0.39, 0.29) is 17.0 Å². The molecular formula is C28H60BrN. The fourth-order valence-corrected chi connectivity index (χ4v) is 4.69. The maximum Gasteiger partial charge on any atom is 0.0784 e. The monoisotopic (exact) mass is 489 g/mol. The largest absolute Gasteiger partial charge is 1.00 e. The minimum Gasteiger partial charge on any atom is -1.00 e. The van der Waals surface area contributed by atoms with Crippen molar-refractivity contribution in [1.29, 1.82) is 0 Å². The Morgan fingerprint density at radius 1 is 0.333 bits per heavy atom. The second-order valence-electron chi connectivity index (χ2n) is 10.2. The third-order valence-corrected chi connectivity index (χ3v) is 6.90. The van der Waals surface area contributed by atoms with Gasteiger partial charge in [0, 0.05) is 0 Å². The molecule has 1 atom stereocenters. The Hall–Kier alpha value is 0.440. The lowest BCUT2D eigenvalue weighted by molar-refractivity contribution is -0.910. The molecule has 0 aromatic rings. The van der Waals surface area contributed by atoms with Crippen LogP contribution in [0.5, 0.6) is 0 Å². The van der Waals surface area contributed by atoms with Crippen molar-refractivity contribution in [3.63, 3.8) is 0 Å². The summed E-state index contributed by atoms with van der Waals surface area (Å²) in [4.78, 5) is 0. The second kappa shape index (κ2) is 25.7. The van der Waals surface area contributed by atoms with Gasteiger partial charge in [-0.3, -0.25) is 0 Å². The highest BCUT2D eigenvalue weighted by atomic mass is 79.9. The van der Waals surface area contributed by atoms with Crippen LogP contribution in [0.1, 0.15) is 156 Å². The topological polar surface area (TPSA) is 0 Å². The van der Waals surface area contributed by atoms with E-state index in [1.54, 1.807) is 0 Å². The summed E-state index contributed by atoms with van der Waals surface area (Å²) >= 11 is 0. The first-order chi connectivity index (χ1) is 14.2. The Morgan fingerprint density at radius 3 is 0.767 bits per heavy atom. The Morgan fingerprint density at radius 2 is 0.533 bits per heavy atom. The molecule has 0 radical (unpaired) electrons. The van der Waals surface area contributed by atoms with Crippen molar-refractivity contribution < 1.29 is 21.5 Å². The number of hydrogen-bond acceptors (Lipinski definition) is 0. The van der Waals surface area contributed by atoms with E-state index in [1.807, 2.05) is 0 Å². The number of hydrogen-bond donors (Lipinski definition) is 0. The highest BCUT2D eigenvalue weighted by Crippen LogP contribution is 2.16. The second-order valence-corrected chi connectivity index (χ2v) is 10.2. The maximum absolute atomic E-state index is 2.57. The average molecular weight is 491 g/mol. The van der Waals surface area contributed by atoms with Gasteiger partial charge in [-0.05, 0) is 38.5 Å². The molecule has 0 heterocycles. The van der Waals surface area contributed by atoms with E-state index in [1.165, 1.54) is 159 Å². The van der Waals surface area contributed by atoms with Gasteiger partial charge in [0.25, 0.3) is 0 Å². The van der Waals surface area contributed by atoms with E-state index in [4.69, 9.17) is 0 Å². The van der Waals surface area contributed by atoms with Crippen molar-refractivity contribution in [1.82, 2.24) is 0 Å². The summed E-state index contributed by atoms with van der Waals surface area (Å²) in [5, 5.41) is 0. The predicted molar refractivity (Wildman–Crippen MR) is 135 cm³/mol. The molecule has 184 valence electrons. The van der Waals surface area contributed by atoms with Crippen LogP contribution in [-0.4, -0.2) is 31.2 Å². The summed E-state index contributed by atoms with van der Waals surface area (Å²) in [6, 6.07) is 0. The molecule has 1 nitrogen and oxygen atoms in total. The predicted octanol–water partition coefficient (Wildman–Crippen LogP) is 6.69. The summed E-state index contributed by atoms with van der Waals surface area (Å²) in [5.74, 6) is 0. The van der Waals surface area contributed by atoms with Crippen LogP contribution in [0.25, 0.3) is 0 Å². The molecule has 2 heteroatoms. The van der Waals surface area contributed by atoms with Gasteiger partial charge >= 0.3 is 0 Å². The number of halogens is 1.